The van der Waals surface area contributed by atoms with E-state index in [2.05, 4.69) is 41.7 Å². The lowest BCUT2D eigenvalue weighted by Crippen LogP contribution is -2.30. The number of hydrogen-bond acceptors (Lipinski definition) is 4. The lowest BCUT2D eigenvalue weighted by atomic mass is 10.1. The number of nitrogens with zero attached hydrogens (tertiary/aromatic N) is 1. The van der Waals surface area contributed by atoms with Crippen molar-refractivity contribution in [1.29, 1.82) is 0 Å². The molecule has 0 unspecified atom stereocenters. The van der Waals surface area contributed by atoms with E-state index < -0.39 is 0 Å². The van der Waals surface area contributed by atoms with E-state index in [-0.39, 0.29) is 18.1 Å². The van der Waals surface area contributed by atoms with E-state index in [0.717, 1.165) is 23.5 Å². The minimum absolute atomic E-state index is 0.121. The molecule has 24 heavy (non-hydrogen) atoms. The highest BCUT2D eigenvalue weighted by molar-refractivity contribution is 7.11. The van der Waals surface area contributed by atoms with Gasteiger partial charge in [0, 0.05) is 28.8 Å². The van der Waals surface area contributed by atoms with Gasteiger partial charge in [-0.1, -0.05) is 12.1 Å². The molecule has 1 aliphatic carbocycles. The lowest BCUT2D eigenvalue weighted by Gasteiger charge is -2.19. The van der Waals surface area contributed by atoms with Gasteiger partial charge in [0.15, 0.2) is 0 Å². The Balaban J connectivity index is 1.54. The molecular formula is C18H24N4OS. The average molecular weight is 344 g/mol. The number of hydrogen-bond donors (Lipinski definition) is 3. The summed E-state index contributed by atoms with van der Waals surface area (Å²) < 4.78 is 0. The number of aromatic nitrogens is 1. The summed E-state index contributed by atoms with van der Waals surface area (Å²) in [4.78, 5) is 17.4. The Kier molecular flexibility index (Phi) is 5.16. The Bertz CT molecular complexity index is 693. The number of anilines is 1. The monoisotopic (exact) mass is 344 g/mol. The first-order valence-corrected chi connectivity index (χ1v) is 9.19. The average Bonchev–Trinajstić information content (AvgIpc) is 3.25. The van der Waals surface area contributed by atoms with E-state index in [0.29, 0.717) is 6.04 Å². The van der Waals surface area contributed by atoms with Crippen molar-refractivity contribution < 1.29 is 4.79 Å². The topological polar surface area (TPSA) is 66.0 Å². The molecule has 3 N–H and O–H groups in total. The first-order valence-electron chi connectivity index (χ1n) is 8.37. The first-order chi connectivity index (χ1) is 11.5. The number of carbonyl (C=O) groups is 1. The fourth-order valence-corrected chi connectivity index (χ4v) is 3.34. The highest BCUT2D eigenvalue weighted by atomic mass is 32.1. The minimum Gasteiger partial charge on any atom is -0.335 e. The SMILES string of the molecule is Cc1cnc([C@H](C)N[C@@H](C)c2ccc(NC(=O)NC3CC3)cc2)s1. The third-order valence-electron chi connectivity index (χ3n) is 4.09. The van der Waals surface area contributed by atoms with E-state index in [1.165, 1.54) is 10.4 Å². The highest BCUT2D eigenvalue weighted by Gasteiger charge is 2.23. The molecule has 1 aromatic carbocycles. The fraction of sp³-hybridized carbons (Fsp3) is 0.444. The normalized spacial score (nSPS) is 16.5. The quantitative estimate of drug-likeness (QED) is 0.737. The van der Waals surface area contributed by atoms with Gasteiger partial charge in [-0.3, -0.25) is 0 Å². The molecule has 0 bridgehead atoms. The molecule has 1 fully saturated rings. The predicted octanol–water partition coefficient (Wildman–Crippen LogP) is 4.15. The summed E-state index contributed by atoms with van der Waals surface area (Å²) in [6.45, 7) is 6.34. The molecule has 2 amide bonds. The van der Waals surface area contributed by atoms with Crippen molar-refractivity contribution in [1.82, 2.24) is 15.6 Å². The molecule has 1 aliphatic rings. The van der Waals surface area contributed by atoms with E-state index in [1.54, 1.807) is 11.3 Å². The predicted molar refractivity (Wildman–Crippen MR) is 98.4 cm³/mol. The second kappa shape index (κ2) is 7.32. The maximum Gasteiger partial charge on any atom is 0.319 e. The zero-order valence-electron chi connectivity index (χ0n) is 14.3. The van der Waals surface area contributed by atoms with Gasteiger partial charge in [0.05, 0.1) is 6.04 Å². The van der Waals surface area contributed by atoms with Gasteiger partial charge >= 0.3 is 6.03 Å². The van der Waals surface area contributed by atoms with Crippen LogP contribution in [0.15, 0.2) is 30.5 Å². The molecular weight excluding hydrogens is 320 g/mol. The number of aryl methyl sites for hydroxylation is 1. The van der Waals surface area contributed by atoms with Crippen LogP contribution in [0.4, 0.5) is 10.5 Å². The van der Waals surface area contributed by atoms with Gasteiger partial charge < -0.3 is 16.0 Å². The molecule has 0 saturated heterocycles. The number of thiazole rings is 1. The third-order valence-corrected chi connectivity index (χ3v) is 5.19. The van der Waals surface area contributed by atoms with E-state index in [1.807, 2.05) is 30.5 Å². The van der Waals surface area contributed by atoms with Crippen LogP contribution >= 0.6 is 11.3 Å². The summed E-state index contributed by atoms with van der Waals surface area (Å²) in [5.41, 5.74) is 2.00. The number of benzene rings is 1. The van der Waals surface area contributed by atoms with Crippen LogP contribution in [0.5, 0.6) is 0 Å². The van der Waals surface area contributed by atoms with Gasteiger partial charge in [0.1, 0.15) is 5.01 Å². The Hall–Kier alpha value is -1.92. The molecule has 1 heterocycles. The molecule has 0 spiro atoms. The Morgan fingerprint density at radius 2 is 1.92 bits per heavy atom. The largest absolute Gasteiger partial charge is 0.335 e. The minimum atomic E-state index is -0.121. The van der Waals surface area contributed by atoms with Crippen LogP contribution in [0.25, 0.3) is 0 Å². The van der Waals surface area contributed by atoms with E-state index >= 15 is 0 Å². The van der Waals surface area contributed by atoms with E-state index in [9.17, 15) is 4.79 Å². The van der Waals surface area contributed by atoms with Crippen molar-refractivity contribution in [2.45, 2.75) is 51.7 Å². The van der Waals surface area contributed by atoms with Crippen molar-refractivity contribution in [3.05, 3.63) is 45.9 Å². The van der Waals surface area contributed by atoms with Gasteiger partial charge in [0.2, 0.25) is 0 Å². The summed E-state index contributed by atoms with van der Waals surface area (Å²) >= 11 is 1.72. The molecule has 1 aromatic heterocycles. The summed E-state index contributed by atoms with van der Waals surface area (Å²) in [7, 11) is 0. The van der Waals surface area contributed by atoms with E-state index in [4.69, 9.17) is 0 Å². The molecule has 3 rings (SSSR count). The van der Waals surface area contributed by atoms with Crippen LogP contribution in [0.2, 0.25) is 0 Å². The highest BCUT2D eigenvalue weighted by Crippen LogP contribution is 2.24. The third kappa shape index (κ3) is 4.55. The van der Waals surface area contributed by atoms with Crippen molar-refractivity contribution in [2.24, 2.45) is 0 Å². The van der Waals surface area contributed by atoms with Crippen LogP contribution in [0, 0.1) is 6.92 Å². The van der Waals surface area contributed by atoms with Crippen LogP contribution in [-0.2, 0) is 0 Å². The molecule has 1 saturated carbocycles. The number of rotatable bonds is 6. The van der Waals surface area contributed by atoms with Crippen molar-refractivity contribution in [3.8, 4) is 0 Å². The Morgan fingerprint density at radius 1 is 1.21 bits per heavy atom. The fourth-order valence-electron chi connectivity index (χ4n) is 2.55. The molecule has 128 valence electrons. The van der Waals surface area contributed by atoms with Crippen LogP contribution in [-0.4, -0.2) is 17.1 Å². The van der Waals surface area contributed by atoms with Gasteiger partial charge in [-0.25, -0.2) is 9.78 Å². The summed E-state index contributed by atoms with van der Waals surface area (Å²) in [5, 5.41) is 10.5. The number of nitrogens with one attached hydrogen (secondary N) is 3. The zero-order valence-corrected chi connectivity index (χ0v) is 15.1. The van der Waals surface area contributed by atoms with Gasteiger partial charge in [-0.05, 0) is 51.3 Å². The van der Waals surface area contributed by atoms with Crippen LogP contribution < -0.4 is 16.0 Å². The van der Waals surface area contributed by atoms with Crippen LogP contribution in [0.1, 0.15) is 54.2 Å². The number of carbonyl (C=O) groups excluding carboxylic acids is 1. The molecule has 2 aromatic rings. The number of urea groups is 1. The van der Waals surface area contributed by atoms with Gasteiger partial charge in [-0.2, -0.15) is 0 Å². The summed E-state index contributed by atoms with van der Waals surface area (Å²) in [5.74, 6) is 0. The first kappa shape index (κ1) is 16.9. The smallest absolute Gasteiger partial charge is 0.319 e. The molecule has 6 heteroatoms. The van der Waals surface area contributed by atoms with Crippen LogP contribution in [0.3, 0.4) is 0 Å². The Labute approximate surface area is 146 Å². The van der Waals surface area contributed by atoms with Crippen molar-refractivity contribution in [2.75, 3.05) is 5.32 Å². The second-order valence-corrected chi connectivity index (χ2v) is 7.68. The molecule has 2 atom stereocenters. The molecule has 0 radical (unpaired) electrons. The van der Waals surface area contributed by atoms with Gasteiger partial charge in [0.25, 0.3) is 0 Å². The van der Waals surface area contributed by atoms with Gasteiger partial charge in [-0.15, -0.1) is 11.3 Å². The maximum absolute atomic E-state index is 11.7. The maximum atomic E-state index is 11.7. The zero-order chi connectivity index (χ0) is 17.1. The Morgan fingerprint density at radius 3 is 2.50 bits per heavy atom. The summed E-state index contributed by atoms with van der Waals surface area (Å²) in [6, 6.07) is 8.64. The second-order valence-electron chi connectivity index (χ2n) is 6.41. The van der Waals surface area contributed by atoms with Crippen molar-refractivity contribution in [3.63, 3.8) is 0 Å². The molecule has 0 aliphatic heterocycles. The summed E-state index contributed by atoms with van der Waals surface area (Å²) in [6.07, 6.45) is 4.09. The standard InChI is InChI=1S/C18H24N4OS/c1-11-10-19-17(24-11)13(3)20-12(2)14-4-6-15(7-5-14)21-18(23)22-16-8-9-16/h4-7,10,12-13,16,20H,8-9H2,1-3H3,(H2,21,22,23)/t12-,13-/m0/s1. The lowest BCUT2D eigenvalue weighted by molar-refractivity contribution is 0.251. The van der Waals surface area contributed by atoms with Crippen molar-refractivity contribution >= 4 is 23.1 Å². The molecule has 5 nitrogen and oxygen atoms in total. The number of amides is 2.